The Kier molecular flexibility index (Phi) is 5.18. The first-order valence-corrected chi connectivity index (χ1v) is 6.72. The third kappa shape index (κ3) is 4.54. The second-order valence-corrected chi connectivity index (χ2v) is 4.80. The number of benzene rings is 1. The number of nitrogens with zero attached hydrogens (tertiary/aromatic N) is 1. The fourth-order valence-corrected chi connectivity index (χ4v) is 1.86. The predicted molar refractivity (Wildman–Crippen MR) is 77.3 cm³/mol. The maximum Gasteiger partial charge on any atom is 0.138 e. The first-order valence-electron chi connectivity index (χ1n) is 5.93. The molecule has 1 heterocycles. The molecule has 0 bridgehead atoms. The lowest BCUT2D eigenvalue weighted by Crippen LogP contribution is -2.09. The van der Waals surface area contributed by atoms with E-state index in [0.717, 1.165) is 21.5 Å². The molecular formula is C14H15BrN2O2. The summed E-state index contributed by atoms with van der Waals surface area (Å²) in [6.07, 6.45) is 3.38. The molecule has 0 saturated heterocycles. The minimum Gasteiger partial charge on any atom is -0.490 e. The van der Waals surface area contributed by atoms with Gasteiger partial charge in [0.2, 0.25) is 0 Å². The average Bonchev–Trinajstić information content (AvgIpc) is 2.44. The standard InChI is InChI=1S/C14H15BrN2O2/c15-12-7-14(10-17-9-12)19-6-5-18-13-3-1-11(8-16)2-4-13/h1-4,7,9-10H,5-6,8,16H2. The van der Waals surface area contributed by atoms with Gasteiger partial charge in [0.1, 0.15) is 24.7 Å². The number of rotatable bonds is 6. The summed E-state index contributed by atoms with van der Waals surface area (Å²) >= 11 is 3.34. The lowest BCUT2D eigenvalue weighted by molar-refractivity contribution is 0.216. The molecule has 4 nitrogen and oxygen atoms in total. The molecule has 0 spiro atoms. The SMILES string of the molecule is NCc1ccc(OCCOc2cncc(Br)c2)cc1. The summed E-state index contributed by atoms with van der Waals surface area (Å²) in [5.41, 5.74) is 6.61. The Morgan fingerprint density at radius 2 is 1.68 bits per heavy atom. The van der Waals surface area contributed by atoms with Crippen molar-refractivity contribution in [3.63, 3.8) is 0 Å². The second-order valence-electron chi connectivity index (χ2n) is 3.88. The van der Waals surface area contributed by atoms with Gasteiger partial charge >= 0.3 is 0 Å². The lowest BCUT2D eigenvalue weighted by atomic mass is 10.2. The third-order valence-corrected chi connectivity index (χ3v) is 2.89. The number of hydrogen-bond acceptors (Lipinski definition) is 4. The number of hydrogen-bond donors (Lipinski definition) is 1. The summed E-state index contributed by atoms with van der Waals surface area (Å²) in [4.78, 5) is 4.02. The summed E-state index contributed by atoms with van der Waals surface area (Å²) in [7, 11) is 0. The Balaban J connectivity index is 1.74. The molecule has 0 amide bonds. The van der Waals surface area contributed by atoms with E-state index < -0.39 is 0 Å². The zero-order valence-corrected chi connectivity index (χ0v) is 12.0. The Bertz CT molecular complexity index is 517. The van der Waals surface area contributed by atoms with Crippen molar-refractivity contribution in [1.82, 2.24) is 4.98 Å². The maximum atomic E-state index is 5.56. The highest BCUT2D eigenvalue weighted by Gasteiger charge is 1.97. The molecule has 0 atom stereocenters. The Labute approximate surface area is 120 Å². The van der Waals surface area contributed by atoms with Gasteiger partial charge < -0.3 is 15.2 Å². The van der Waals surface area contributed by atoms with Gasteiger partial charge in [-0.3, -0.25) is 4.98 Å². The van der Waals surface area contributed by atoms with E-state index in [1.807, 2.05) is 30.3 Å². The van der Waals surface area contributed by atoms with E-state index in [-0.39, 0.29) is 0 Å². The molecule has 1 aromatic heterocycles. The molecule has 0 radical (unpaired) electrons. The van der Waals surface area contributed by atoms with E-state index in [2.05, 4.69) is 20.9 Å². The highest BCUT2D eigenvalue weighted by Crippen LogP contribution is 2.16. The van der Waals surface area contributed by atoms with E-state index in [4.69, 9.17) is 15.2 Å². The van der Waals surface area contributed by atoms with Gasteiger partial charge in [0.25, 0.3) is 0 Å². The fourth-order valence-electron chi connectivity index (χ4n) is 1.51. The van der Waals surface area contributed by atoms with Crippen LogP contribution in [0, 0.1) is 0 Å². The summed E-state index contributed by atoms with van der Waals surface area (Å²) in [6.45, 7) is 1.49. The van der Waals surface area contributed by atoms with Gasteiger partial charge in [-0.15, -0.1) is 0 Å². The van der Waals surface area contributed by atoms with Crippen LogP contribution in [-0.2, 0) is 6.54 Å². The van der Waals surface area contributed by atoms with Crippen molar-refractivity contribution in [3.05, 3.63) is 52.8 Å². The maximum absolute atomic E-state index is 5.56. The van der Waals surface area contributed by atoms with Crippen LogP contribution in [0.3, 0.4) is 0 Å². The molecule has 0 saturated carbocycles. The van der Waals surface area contributed by atoms with Gasteiger partial charge in [0.15, 0.2) is 0 Å². The van der Waals surface area contributed by atoms with Gasteiger partial charge in [0.05, 0.1) is 6.20 Å². The number of ether oxygens (including phenoxy) is 2. The Morgan fingerprint density at radius 3 is 2.32 bits per heavy atom. The van der Waals surface area contributed by atoms with Crippen LogP contribution in [0.15, 0.2) is 47.2 Å². The molecule has 5 heteroatoms. The van der Waals surface area contributed by atoms with Crippen LogP contribution in [-0.4, -0.2) is 18.2 Å². The minimum absolute atomic E-state index is 0.469. The third-order valence-electron chi connectivity index (χ3n) is 2.46. The van der Waals surface area contributed by atoms with E-state index in [9.17, 15) is 0 Å². The highest BCUT2D eigenvalue weighted by atomic mass is 79.9. The Hall–Kier alpha value is -1.59. The first-order chi connectivity index (χ1) is 9.28. The smallest absolute Gasteiger partial charge is 0.138 e. The number of halogens is 1. The summed E-state index contributed by atoms with van der Waals surface area (Å²) in [5, 5.41) is 0. The molecular weight excluding hydrogens is 308 g/mol. The van der Waals surface area contributed by atoms with Gasteiger partial charge in [-0.25, -0.2) is 0 Å². The van der Waals surface area contributed by atoms with Crippen molar-refractivity contribution in [1.29, 1.82) is 0 Å². The van der Waals surface area contributed by atoms with Gasteiger partial charge in [0, 0.05) is 17.2 Å². The van der Waals surface area contributed by atoms with Crippen molar-refractivity contribution >= 4 is 15.9 Å². The molecule has 0 aliphatic carbocycles. The van der Waals surface area contributed by atoms with Crippen LogP contribution in [0.4, 0.5) is 0 Å². The normalized spacial score (nSPS) is 10.2. The fraction of sp³-hybridized carbons (Fsp3) is 0.214. The zero-order valence-electron chi connectivity index (χ0n) is 10.4. The predicted octanol–water partition coefficient (Wildman–Crippen LogP) is 2.76. The topological polar surface area (TPSA) is 57.4 Å². The lowest BCUT2D eigenvalue weighted by Gasteiger charge is -2.08. The van der Waals surface area contributed by atoms with E-state index in [1.165, 1.54) is 0 Å². The van der Waals surface area contributed by atoms with Crippen molar-refractivity contribution < 1.29 is 9.47 Å². The van der Waals surface area contributed by atoms with Crippen LogP contribution in [0.5, 0.6) is 11.5 Å². The van der Waals surface area contributed by atoms with E-state index in [1.54, 1.807) is 12.4 Å². The number of aromatic nitrogens is 1. The van der Waals surface area contributed by atoms with Crippen molar-refractivity contribution in [2.75, 3.05) is 13.2 Å². The molecule has 0 fully saturated rings. The van der Waals surface area contributed by atoms with E-state index in [0.29, 0.717) is 19.8 Å². The second kappa shape index (κ2) is 7.11. The molecule has 2 N–H and O–H groups in total. The zero-order chi connectivity index (χ0) is 13.5. The van der Waals surface area contributed by atoms with Crippen molar-refractivity contribution in [2.24, 2.45) is 5.73 Å². The minimum atomic E-state index is 0.469. The van der Waals surface area contributed by atoms with Gasteiger partial charge in [-0.1, -0.05) is 12.1 Å². The first kappa shape index (κ1) is 13.8. The van der Waals surface area contributed by atoms with Crippen molar-refractivity contribution in [2.45, 2.75) is 6.54 Å². The summed E-state index contributed by atoms with van der Waals surface area (Å²) in [5.74, 6) is 1.53. The van der Waals surface area contributed by atoms with Crippen molar-refractivity contribution in [3.8, 4) is 11.5 Å². The van der Waals surface area contributed by atoms with Crippen LogP contribution >= 0.6 is 15.9 Å². The van der Waals surface area contributed by atoms with Crippen LogP contribution in [0.2, 0.25) is 0 Å². The largest absolute Gasteiger partial charge is 0.490 e. The Morgan fingerprint density at radius 1 is 1.00 bits per heavy atom. The summed E-state index contributed by atoms with van der Waals surface area (Å²) in [6, 6.07) is 9.58. The van der Waals surface area contributed by atoms with Crippen LogP contribution in [0.1, 0.15) is 5.56 Å². The average molecular weight is 323 g/mol. The number of pyridine rings is 1. The molecule has 2 aromatic rings. The molecule has 100 valence electrons. The van der Waals surface area contributed by atoms with Crippen LogP contribution in [0.25, 0.3) is 0 Å². The monoisotopic (exact) mass is 322 g/mol. The quantitative estimate of drug-likeness (QED) is 0.831. The van der Waals surface area contributed by atoms with Gasteiger partial charge in [-0.05, 0) is 39.7 Å². The molecule has 2 rings (SSSR count). The number of nitrogens with two attached hydrogens (primary N) is 1. The van der Waals surface area contributed by atoms with E-state index >= 15 is 0 Å². The molecule has 0 aliphatic rings. The van der Waals surface area contributed by atoms with Gasteiger partial charge in [-0.2, -0.15) is 0 Å². The highest BCUT2D eigenvalue weighted by molar-refractivity contribution is 9.10. The molecule has 1 aromatic carbocycles. The summed E-state index contributed by atoms with van der Waals surface area (Å²) < 4.78 is 12.0. The molecule has 19 heavy (non-hydrogen) atoms. The van der Waals surface area contributed by atoms with Crippen LogP contribution < -0.4 is 15.2 Å². The molecule has 0 unspecified atom stereocenters. The molecule has 0 aliphatic heterocycles.